The molecule has 0 saturated heterocycles. The van der Waals surface area contributed by atoms with Crippen molar-refractivity contribution >= 4 is 22.6 Å². The second kappa shape index (κ2) is 7.03. The van der Waals surface area contributed by atoms with Crippen LogP contribution in [0.3, 0.4) is 0 Å². The van der Waals surface area contributed by atoms with Crippen molar-refractivity contribution in [3.63, 3.8) is 0 Å². The summed E-state index contributed by atoms with van der Waals surface area (Å²) in [5.41, 5.74) is 1.54. The minimum Gasteiger partial charge on any atom is -0.424 e. The summed E-state index contributed by atoms with van der Waals surface area (Å²) in [6, 6.07) is 9.80. The number of aliphatic imine (C=N–C) groups is 1. The van der Waals surface area contributed by atoms with Crippen molar-refractivity contribution < 1.29 is 4.74 Å². The standard InChI is InChI=1S/C19H19N5O2S/c1-11(2)24-17-15(18(25)23-24)16(27-12(3)22-17)13-6-4-7-14(10-13)26-19-20-8-5-9-21-19/h4-11,16H,1-3H3,(H,23,25)/t16-/m0/s1. The van der Waals surface area contributed by atoms with Crippen LogP contribution in [-0.4, -0.2) is 24.8 Å². The summed E-state index contributed by atoms with van der Waals surface area (Å²) in [4.78, 5) is 25.4. The molecule has 0 unspecified atom stereocenters. The van der Waals surface area contributed by atoms with Gasteiger partial charge in [-0.15, -0.1) is 0 Å². The molecule has 0 fully saturated rings. The molecule has 0 aliphatic carbocycles. The van der Waals surface area contributed by atoms with Gasteiger partial charge in [0, 0.05) is 18.4 Å². The average molecular weight is 381 g/mol. The number of nitrogens with one attached hydrogen (secondary N) is 1. The van der Waals surface area contributed by atoms with Crippen molar-refractivity contribution in [1.29, 1.82) is 0 Å². The van der Waals surface area contributed by atoms with Crippen LogP contribution in [0.5, 0.6) is 11.8 Å². The highest BCUT2D eigenvalue weighted by Gasteiger charge is 2.30. The van der Waals surface area contributed by atoms with E-state index in [2.05, 4.69) is 20.1 Å². The van der Waals surface area contributed by atoms with Gasteiger partial charge >= 0.3 is 6.01 Å². The van der Waals surface area contributed by atoms with Gasteiger partial charge in [0.2, 0.25) is 0 Å². The topological polar surface area (TPSA) is 85.2 Å². The van der Waals surface area contributed by atoms with Gasteiger partial charge in [-0.1, -0.05) is 23.9 Å². The van der Waals surface area contributed by atoms with E-state index in [0.717, 1.165) is 10.6 Å². The Morgan fingerprint density at radius 1 is 1.22 bits per heavy atom. The van der Waals surface area contributed by atoms with E-state index in [4.69, 9.17) is 4.74 Å². The Labute approximate surface area is 160 Å². The van der Waals surface area contributed by atoms with Crippen molar-refractivity contribution in [2.45, 2.75) is 32.1 Å². The first-order valence-corrected chi connectivity index (χ1v) is 9.52. The normalized spacial score (nSPS) is 16.1. The number of fused-ring (bicyclic) bond motifs is 1. The molecule has 3 heterocycles. The lowest BCUT2D eigenvalue weighted by Crippen LogP contribution is -2.13. The van der Waals surface area contributed by atoms with Crippen LogP contribution in [0.25, 0.3) is 0 Å². The lowest BCUT2D eigenvalue weighted by Gasteiger charge is -2.21. The van der Waals surface area contributed by atoms with Gasteiger partial charge in [0.1, 0.15) is 5.75 Å². The maximum atomic E-state index is 12.6. The number of rotatable bonds is 4. The second-order valence-corrected chi connectivity index (χ2v) is 7.77. The molecule has 1 aromatic carbocycles. The van der Waals surface area contributed by atoms with Crippen LogP contribution in [-0.2, 0) is 0 Å². The van der Waals surface area contributed by atoms with Crippen LogP contribution in [0, 0.1) is 0 Å². The maximum absolute atomic E-state index is 12.6. The molecule has 7 nitrogen and oxygen atoms in total. The van der Waals surface area contributed by atoms with Crippen molar-refractivity contribution in [2.24, 2.45) is 4.99 Å². The molecule has 138 valence electrons. The predicted molar refractivity (Wildman–Crippen MR) is 106 cm³/mol. The number of ether oxygens (including phenoxy) is 1. The number of hydrogen-bond acceptors (Lipinski definition) is 6. The van der Waals surface area contributed by atoms with Gasteiger partial charge in [-0.05, 0) is 44.5 Å². The molecule has 0 amide bonds. The smallest absolute Gasteiger partial charge is 0.321 e. The fourth-order valence-corrected chi connectivity index (χ4v) is 4.10. The highest BCUT2D eigenvalue weighted by atomic mass is 32.2. The van der Waals surface area contributed by atoms with Crippen molar-refractivity contribution in [3.05, 3.63) is 64.2 Å². The number of benzene rings is 1. The molecule has 2 aromatic heterocycles. The Morgan fingerprint density at radius 2 is 2.00 bits per heavy atom. The Balaban J connectivity index is 1.74. The fraction of sp³-hybridized carbons (Fsp3) is 0.263. The lowest BCUT2D eigenvalue weighted by atomic mass is 10.1. The summed E-state index contributed by atoms with van der Waals surface area (Å²) in [6.07, 6.45) is 3.26. The first-order chi connectivity index (χ1) is 13.0. The zero-order chi connectivity index (χ0) is 19.0. The summed E-state index contributed by atoms with van der Waals surface area (Å²) in [5.74, 6) is 1.33. The van der Waals surface area contributed by atoms with Crippen LogP contribution in [0.15, 0.2) is 52.5 Å². The number of aromatic amines is 1. The first kappa shape index (κ1) is 17.5. The number of thioether (sulfide) groups is 1. The molecule has 0 spiro atoms. The number of hydrogen-bond donors (Lipinski definition) is 1. The van der Waals surface area contributed by atoms with Crippen LogP contribution in [0.1, 0.15) is 43.2 Å². The maximum Gasteiger partial charge on any atom is 0.321 e. The van der Waals surface area contributed by atoms with E-state index in [-0.39, 0.29) is 22.9 Å². The van der Waals surface area contributed by atoms with E-state index < -0.39 is 0 Å². The van der Waals surface area contributed by atoms with Crippen LogP contribution >= 0.6 is 11.8 Å². The summed E-state index contributed by atoms with van der Waals surface area (Å²) in [5, 5.41) is 3.68. The molecule has 27 heavy (non-hydrogen) atoms. The summed E-state index contributed by atoms with van der Waals surface area (Å²) < 4.78 is 7.57. The van der Waals surface area contributed by atoms with Gasteiger partial charge < -0.3 is 4.74 Å². The minimum absolute atomic E-state index is 0.106. The SMILES string of the molecule is CC1=Nc2c(c(=O)[nH]n2C(C)C)[C@H](c2cccc(Oc3ncccn3)c2)S1. The van der Waals surface area contributed by atoms with E-state index in [1.54, 1.807) is 30.2 Å². The highest BCUT2D eigenvalue weighted by molar-refractivity contribution is 8.14. The Bertz CT molecular complexity index is 1060. The van der Waals surface area contributed by atoms with E-state index in [9.17, 15) is 4.79 Å². The van der Waals surface area contributed by atoms with Gasteiger partial charge in [0.05, 0.1) is 15.9 Å². The second-order valence-electron chi connectivity index (χ2n) is 6.48. The molecule has 0 saturated carbocycles. The van der Waals surface area contributed by atoms with Gasteiger partial charge in [-0.2, -0.15) is 0 Å². The lowest BCUT2D eigenvalue weighted by molar-refractivity contribution is 0.441. The van der Waals surface area contributed by atoms with Gasteiger partial charge in [0.15, 0.2) is 5.82 Å². The molecular weight excluding hydrogens is 362 g/mol. The molecule has 1 N–H and O–H groups in total. The molecule has 0 radical (unpaired) electrons. The minimum atomic E-state index is -0.151. The molecule has 0 bridgehead atoms. The van der Waals surface area contributed by atoms with Crippen LogP contribution in [0.4, 0.5) is 5.82 Å². The summed E-state index contributed by atoms with van der Waals surface area (Å²) in [7, 11) is 0. The Hall–Kier alpha value is -2.87. The van der Waals surface area contributed by atoms with Gasteiger partial charge in [-0.3, -0.25) is 14.6 Å². The monoisotopic (exact) mass is 381 g/mol. The van der Waals surface area contributed by atoms with E-state index in [1.165, 1.54) is 0 Å². The fourth-order valence-electron chi connectivity index (χ4n) is 3.00. The van der Waals surface area contributed by atoms with Gasteiger partial charge in [-0.25, -0.2) is 15.0 Å². The Morgan fingerprint density at radius 3 is 2.74 bits per heavy atom. The van der Waals surface area contributed by atoms with Crippen LogP contribution < -0.4 is 10.3 Å². The molecule has 1 atom stereocenters. The molecule has 1 aliphatic heterocycles. The molecule has 1 aliphatic rings. The zero-order valence-electron chi connectivity index (χ0n) is 15.2. The number of H-pyrrole nitrogens is 1. The summed E-state index contributed by atoms with van der Waals surface area (Å²) >= 11 is 1.57. The summed E-state index contributed by atoms with van der Waals surface area (Å²) in [6.45, 7) is 6.00. The molecule has 4 rings (SSSR count). The van der Waals surface area contributed by atoms with E-state index in [0.29, 0.717) is 17.1 Å². The third kappa shape index (κ3) is 3.40. The van der Waals surface area contributed by atoms with E-state index in [1.807, 2.05) is 49.7 Å². The largest absolute Gasteiger partial charge is 0.424 e. The van der Waals surface area contributed by atoms with Crippen molar-refractivity contribution in [1.82, 2.24) is 19.7 Å². The highest BCUT2D eigenvalue weighted by Crippen LogP contribution is 2.44. The molecule has 8 heteroatoms. The third-order valence-corrected chi connectivity index (χ3v) is 5.35. The number of nitrogens with zero attached hydrogens (tertiary/aromatic N) is 4. The first-order valence-electron chi connectivity index (χ1n) is 8.64. The average Bonchev–Trinajstić information content (AvgIpc) is 2.99. The van der Waals surface area contributed by atoms with Crippen molar-refractivity contribution in [3.8, 4) is 11.8 Å². The van der Waals surface area contributed by atoms with Crippen molar-refractivity contribution in [2.75, 3.05) is 0 Å². The van der Waals surface area contributed by atoms with Crippen LogP contribution in [0.2, 0.25) is 0 Å². The van der Waals surface area contributed by atoms with Gasteiger partial charge in [0.25, 0.3) is 5.56 Å². The third-order valence-electron chi connectivity index (χ3n) is 4.18. The van der Waals surface area contributed by atoms with E-state index >= 15 is 0 Å². The number of aromatic nitrogens is 4. The zero-order valence-corrected chi connectivity index (χ0v) is 16.0. The Kier molecular flexibility index (Phi) is 4.57. The quantitative estimate of drug-likeness (QED) is 0.731. The molecule has 3 aromatic rings. The predicted octanol–water partition coefficient (Wildman–Crippen LogP) is 4.23. The molecular formula is C19H19N5O2S.